The van der Waals surface area contributed by atoms with Crippen LogP contribution in [0.1, 0.15) is 25.3 Å². The Morgan fingerprint density at radius 3 is 2.74 bits per heavy atom. The van der Waals surface area contributed by atoms with Crippen molar-refractivity contribution < 1.29 is 18.7 Å². The lowest BCUT2D eigenvalue weighted by atomic mass is 10.0. The lowest BCUT2D eigenvalue weighted by molar-refractivity contribution is -0.120. The monoisotopic (exact) mass is 271 g/mol. The first-order chi connectivity index (χ1) is 9.06. The Morgan fingerprint density at radius 1 is 1.42 bits per heavy atom. The molecule has 0 aliphatic carbocycles. The van der Waals surface area contributed by atoms with Gasteiger partial charge in [-0.05, 0) is 24.0 Å². The normalized spacial score (nSPS) is 12.2. The molecule has 5 heteroatoms. The van der Waals surface area contributed by atoms with Crippen molar-refractivity contribution in [3.8, 4) is 0 Å². The average Bonchev–Trinajstić information content (AvgIpc) is 2.38. The predicted molar refractivity (Wildman–Crippen MR) is 68.6 cm³/mol. The predicted octanol–water partition coefficient (Wildman–Crippen LogP) is 2.03. The van der Waals surface area contributed by atoms with Gasteiger partial charge in [0.05, 0.1) is 6.42 Å². The van der Waals surface area contributed by atoms with Gasteiger partial charge in [0.15, 0.2) is 0 Å². The number of rotatable bonds is 7. The molecule has 0 aliphatic heterocycles. The Hall–Kier alpha value is -1.49. The fourth-order valence-corrected chi connectivity index (χ4v) is 1.79. The summed E-state index contributed by atoms with van der Waals surface area (Å²) in [7, 11) is 0. The Bertz CT molecular complexity index is 424. The van der Waals surface area contributed by atoms with Gasteiger partial charge >= 0.3 is 0 Å². The van der Waals surface area contributed by atoms with E-state index in [1.54, 1.807) is 0 Å². The maximum atomic E-state index is 13.3. The minimum Gasteiger partial charge on any atom is -0.396 e. The standard InChI is InChI=1S/C14H19F2NO2/c1-2-10(5-6-18)9-17-14(19)7-11-3-4-12(15)8-13(11)16/h3-4,8,10,18H,2,5-7,9H2,1H3,(H,17,19). The highest BCUT2D eigenvalue weighted by Gasteiger charge is 2.11. The number of nitrogens with one attached hydrogen (secondary N) is 1. The zero-order chi connectivity index (χ0) is 14.3. The highest BCUT2D eigenvalue weighted by molar-refractivity contribution is 5.78. The highest BCUT2D eigenvalue weighted by Crippen LogP contribution is 2.10. The first kappa shape index (κ1) is 15.6. The van der Waals surface area contributed by atoms with E-state index in [0.717, 1.165) is 18.6 Å². The molecule has 1 unspecified atom stereocenters. The number of carbonyl (C=O) groups excluding carboxylic acids is 1. The van der Waals surface area contributed by atoms with Crippen molar-refractivity contribution in [2.75, 3.05) is 13.2 Å². The van der Waals surface area contributed by atoms with Crippen molar-refractivity contribution in [1.82, 2.24) is 5.32 Å². The molecule has 1 aromatic rings. The third-order valence-electron chi connectivity index (χ3n) is 3.07. The van der Waals surface area contributed by atoms with Crippen molar-refractivity contribution in [2.45, 2.75) is 26.2 Å². The fraction of sp³-hybridized carbons (Fsp3) is 0.500. The van der Waals surface area contributed by atoms with Gasteiger partial charge in [-0.25, -0.2) is 8.78 Å². The van der Waals surface area contributed by atoms with E-state index in [9.17, 15) is 13.6 Å². The van der Waals surface area contributed by atoms with Gasteiger partial charge in [-0.3, -0.25) is 4.79 Å². The summed E-state index contributed by atoms with van der Waals surface area (Å²) in [4.78, 5) is 11.6. The SMILES string of the molecule is CCC(CCO)CNC(=O)Cc1ccc(F)cc1F. The molecule has 2 N–H and O–H groups in total. The van der Waals surface area contributed by atoms with E-state index in [1.807, 2.05) is 6.92 Å². The number of benzene rings is 1. The van der Waals surface area contributed by atoms with Gasteiger partial charge in [0.2, 0.25) is 5.91 Å². The number of halogens is 2. The molecular weight excluding hydrogens is 252 g/mol. The number of aliphatic hydroxyl groups excluding tert-OH is 1. The Morgan fingerprint density at radius 2 is 2.16 bits per heavy atom. The molecule has 0 bridgehead atoms. The Kier molecular flexibility index (Phi) is 6.42. The van der Waals surface area contributed by atoms with E-state index in [4.69, 9.17) is 5.11 Å². The van der Waals surface area contributed by atoms with Crippen LogP contribution in [0.4, 0.5) is 8.78 Å². The molecule has 0 aromatic heterocycles. The van der Waals surface area contributed by atoms with Gasteiger partial charge < -0.3 is 10.4 Å². The summed E-state index contributed by atoms with van der Waals surface area (Å²) in [5.41, 5.74) is 0.175. The van der Waals surface area contributed by atoms with Crippen LogP contribution in [0, 0.1) is 17.6 Å². The number of amides is 1. The molecule has 0 saturated heterocycles. The number of carbonyl (C=O) groups is 1. The summed E-state index contributed by atoms with van der Waals surface area (Å²) in [6.45, 7) is 2.52. The van der Waals surface area contributed by atoms with Crippen LogP contribution >= 0.6 is 0 Å². The zero-order valence-electron chi connectivity index (χ0n) is 11.0. The van der Waals surface area contributed by atoms with Crippen molar-refractivity contribution in [2.24, 2.45) is 5.92 Å². The van der Waals surface area contributed by atoms with E-state index in [2.05, 4.69) is 5.32 Å². The highest BCUT2D eigenvalue weighted by atomic mass is 19.1. The molecule has 0 heterocycles. The molecule has 1 atom stereocenters. The minimum atomic E-state index is -0.711. The summed E-state index contributed by atoms with van der Waals surface area (Å²) in [6.07, 6.45) is 1.37. The maximum Gasteiger partial charge on any atom is 0.224 e. The summed E-state index contributed by atoms with van der Waals surface area (Å²) in [6, 6.07) is 3.17. The third-order valence-corrected chi connectivity index (χ3v) is 3.07. The maximum absolute atomic E-state index is 13.3. The molecule has 0 spiro atoms. The second-order valence-corrected chi connectivity index (χ2v) is 4.50. The van der Waals surface area contributed by atoms with Crippen LogP contribution in [0.15, 0.2) is 18.2 Å². The Balaban J connectivity index is 2.46. The van der Waals surface area contributed by atoms with E-state index in [1.165, 1.54) is 6.07 Å². The molecule has 3 nitrogen and oxygen atoms in total. The van der Waals surface area contributed by atoms with Crippen LogP contribution in [0.25, 0.3) is 0 Å². The minimum absolute atomic E-state index is 0.0843. The van der Waals surface area contributed by atoms with Crippen LogP contribution < -0.4 is 5.32 Å². The van der Waals surface area contributed by atoms with Gasteiger partial charge in [-0.2, -0.15) is 0 Å². The van der Waals surface area contributed by atoms with Crippen LogP contribution in [0.3, 0.4) is 0 Å². The van der Waals surface area contributed by atoms with Crippen LogP contribution in [-0.4, -0.2) is 24.2 Å². The molecule has 1 rings (SSSR count). The molecule has 1 aromatic carbocycles. The summed E-state index contributed by atoms with van der Waals surface area (Å²) >= 11 is 0. The second-order valence-electron chi connectivity index (χ2n) is 4.50. The van der Waals surface area contributed by atoms with Crippen LogP contribution in [0.5, 0.6) is 0 Å². The molecule has 0 saturated carbocycles. The zero-order valence-corrected chi connectivity index (χ0v) is 11.0. The second kappa shape index (κ2) is 7.84. The largest absolute Gasteiger partial charge is 0.396 e. The lowest BCUT2D eigenvalue weighted by Gasteiger charge is -2.14. The first-order valence-corrected chi connectivity index (χ1v) is 6.38. The fourth-order valence-electron chi connectivity index (χ4n) is 1.79. The smallest absolute Gasteiger partial charge is 0.224 e. The first-order valence-electron chi connectivity index (χ1n) is 6.38. The van der Waals surface area contributed by atoms with Crippen molar-refractivity contribution in [1.29, 1.82) is 0 Å². The number of hydrogen-bond donors (Lipinski definition) is 2. The average molecular weight is 271 g/mol. The van der Waals surface area contributed by atoms with E-state index >= 15 is 0 Å². The molecule has 0 aliphatic rings. The molecular formula is C14H19F2NO2. The van der Waals surface area contributed by atoms with Crippen molar-refractivity contribution >= 4 is 5.91 Å². The van der Waals surface area contributed by atoms with Crippen LogP contribution in [-0.2, 0) is 11.2 Å². The van der Waals surface area contributed by atoms with E-state index in [0.29, 0.717) is 13.0 Å². The van der Waals surface area contributed by atoms with Crippen LogP contribution in [0.2, 0.25) is 0 Å². The van der Waals surface area contributed by atoms with Gasteiger partial charge in [-0.15, -0.1) is 0 Å². The van der Waals surface area contributed by atoms with Gasteiger partial charge in [0, 0.05) is 19.2 Å². The lowest BCUT2D eigenvalue weighted by Crippen LogP contribution is -2.31. The molecule has 1 amide bonds. The summed E-state index contributed by atoms with van der Waals surface area (Å²) < 4.78 is 26.0. The van der Waals surface area contributed by atoms with E-state index in [-0.39, 0.29) is 30.4 Å². The van der Waals surface area contributed by atoms with Gasteiger partial charge in [0.1, 0.15) is 11.6 Å². The van der Waals surface area contributed by atoms with Gasteiger partial charge in [0.25, 0.3) is 0 Å². The molecule has 0 fully saturated rings. The third kappa shape index (κ3) is 5.34. The van der Waals surface area contributed by atoms with E-state index < -0.39 is 11.6 Å². The molecule has 0 radical (unpaired) electrons. The number of hydrogen-bond acceptors (Lipinski definition) is 2. The Labute approximate surface area is 111 Å². The number of aliphatic hydroxyl groups is 1. The molecule has 106 valence electrons. The molecule has 19 heavy (non-hydrogen) atoms. The topological polar surface area (TPSA) is 49.3 Å². The summed E-state index contributed by atoms with van der Waals surface area (Å²) in [5.74, 6) is -1.46. The quantitative estimate of drug-likeness (QED) is 0.797. The van der Waals surface area contributed by atoms with Gasteiger partial charge in [-0.1, -0.05) is 19.4 Å². The van der Waals surface area contributed by atoms with Crippen molar-refractivity contribution in [3.05, 3.63) is 35.4 Å². The van der Waals surface area contributed by atoms with Crippen molar-refractivity contribution in [3.63, 3.8) is 0 Å². The summed E-state index contributed by atoms with van der Waals surface area (Å²) in [5, 5.41) is 11.5.